The number of aryl methyl sites for hydroxylation is 2. The van der Waals surface area contributed by atoms with Crippen molar-refractivity contribution in [2.75, 3.05) is 5.32 Å². The minimum absolute atomic E-state index is 0.166. The first kappa shape index (κ1) is 21.2. The number of hydrogen-bond donors (Lipinski definition) is 1. The highest BCUT2D eigenvalue weighted by Crippen LogP contribution is 2.18. The van der Waals surface area contributed by atoms with Gasteiger partial charge >= 0.3 is 5.69 Å². The Morgan fingerprint density at radius 3 is 2.50 bits per heavy atom. The highest BCUT2D eigenvalue weighted by molar-refractivity contribution is 5.92. The summed E-state index contributed by atoms with van der Waals surface area (Å²) in [6.07, 6.45) is 2.03. The molecule has 1 amide bonds. The quantitative estimate of drug-likeness (QED) is 0.511. The second-order valence-electron chi connectivity index (χ2n) is 7.73. The molecule has 7 nitrogen and oxygen atoms in total. The van der Waals surface area contributed by atoms with Gasteiger partial charge in [-0.15, -0.1) is 0 Å². The highest BCUT2D eigenvalue weighted by atomic mass is 16.2. The number of carbonyl (C=O) groups is 1. The molecule has 0 radical (unpaired) electrons. The fourth-order valence-corrected chi connectivity index (χ4v) is 3.70. The maximum absolute atomic E-state index is 13.3. The van der Waals surface area contributed by atoms with Crippen molar-refractivity contribution in [2.45, 2.75) is 33.4 Å². The van der Waals surface area contributed by atoms with E-state index in [9.17, 15) is 14.4 Å². The van der Waals surface area contributed by atoms with Crippen molar-refractivity contribution in [2.24, 2.45) is 0 Å². The van der Waals surface area contributed by atoms with Crippen LogP contribution in [0.1, 0.15) is 16.7 Å². The first-order valence-corrected chi connectivity index (χ1v) is 10.4. The molecule has 2 heterocycles. The molecule has 0 atom stereocenters. The molecule has 4 rings (SSSR count). The maximum Gasteiger partial charge on any atom is 0.332 e. The minimum Gasteiger partial charge on any atom is -0.324 e. The fourth-order valence-electron chi connectivity index (χ4n) is 3.70. The number of rotatable bonds is 6. The van der Waals surface area contributed by atoms with E-state index in [-0.39, 0.29) is 24.5 Å². The fraction of sp³-hybridized carbons (Fsp3) is 0.200. The summed E-state index contributed by atoms with van der Waals surface area (Å²) in [5.74, 6) is -0.348. The molecule has 2 aromatic carbocycles. The minimum atomic E-state index is -0.525. The van der Waals surface area contributed by atoms with Crippen molar-refractivity contribution in [3.8, 4) is 0 Å². The number of nitrogens with one attached hydrogen (secondary N) is 1. The van der Waals surface area contributed by atoms with Crippen LogP contribution in [-0.4, -0.2) is 20.0 Å². The van der Waals surface area contributed by atoms with E-state index >= 15 is 0 Å². The zero-order chi connectivity index (χ0) is 22.7. The van der Waals surface area contributed by atoms with Gasteiger partial charge in [-0.1, -0.05) is 42.5 Å². The molecule has 0 unspecified atom stereocenters. The molecular formula is C25H24N4O3. The number of fused-ring (bicyclic) bond motifs is 1. The zero-order valence-electron chi connectivity index (χ0n) is 18.0. The highest BCUT2D eigenvalue weighted by Gasteiger charge is 2.16. The predicted octanol–water partition coefficient (Wildman–Crippen LogP) is 3.06. The Balaban J connectivity index is 1.70. The molecule has 0 bridgehead atoms. The van der Waals surface area contributed by atoms with Crippen LogP contribution >= 0.6 is 0 Å². The van der Waals surface area contributed by atoms with E-state index in [4.69, 9.17) is 0 Å². The lowest BCUT2D eigenvalue weighted by molar-refractivity contribution is -0.116. The van der Waals surface area contributed by atoms with Crippen molar-refractivity contribution in [1.29, 1.82) is 0 Å². The SMILES string of the molecule is Cc1cccc(NC(=O)Cn2c(=O)n(CCc3ccccc3)c(=O)c3ncccc32)c1C. The van der Waals surface area contributed by atoms with Crippen molar-refractivity contribution < 1.29 is 4.79 Å². The summed E-state index contributed by atoms with van der Waals surface area (Å²) < 4.78 is 2.47. The number of amides is 1. The third kappa shape index (κ3) is 4.23. The lowest BCUT2D eigenvalue weighted by atomic mass is 10.1. The molecule has 0 saturated heterocycles. The van der Waals surface area contributed by atoms with Crippen molar-refractivity contribution in [3.05, 3.63) is 104 Å². The van der Waals surface area contributed by atoms with E-state index in [0.29, 0.717) is 17.6 Å². The molecule has 4 aromatic rings. The molecule has 0 fully saturated rings. The van der Waals surface area contributed by atoms with Crippen LogP contribution in [-0.2, 0) is 24.3 Å². The molecule has 7 heteroatoms. The van der Waals surface area contributed by atoms with Crippen LogP contribution < -0.4 is 16.6 Å². The number of nitrogens with zero attached hydrogens (tertiary/aromatic N) is 3. The third-order valence-electron chi connectivity index (χ3n) is 5.63. The van der Waals surface area contributed by atoms with Gasteiger partial charge in [0.1, 0.15) is 6.54 Å². The van der Waals surface area contributed by atoms with Gasteiger partial charge in [-0.2, -0.15) is 0 Å². The van der Waals surface area contributed by atoms with Crippen LogP contribution in [0, 0.1) is 13.8 Å². The molecule has 0 aliphatic rings. The molecule has 162 valence electrons. The molecule has 1 N–H and O–H groups in total. The van der Waals surface area contributed by atoms with E-state index in [2.05, 4.69) is 10.3 Å². The van der Waals surface area contributed by atoms with Crippen molar-refractivity contribution in [3.63, 3.8) is 0 Å². The molecule has 0 aliphatic heterocycles. The van der Waals surface area contributed by atoms with Gasteiger partial charge in [0.2, 0.25) is 5.91 Å². The van der Waals surface area contributed by atoms with Crippen LogP contribution in [0.5, 0.6) is 0 Å². The van der Waals surface area contributed by atoms with E-state index in [1.807, 2.05) is 62.4 Å². The van der Waals surface area contributed by atoms with E-state index < -0.39 is 11.2 Å². The van der Waals surface area contributed by atoms with E-state index in [0.717, 1.165) is 21.3 Å². The smallest absolute Gasteiger partial charge is 0.324 e. The summed E-state index contributed by atoms with van der Waals surface area (Å²) in [6.45, 7) is 3.88. The maximum atomic E-state index is 13.3. The van der Waals surface area contributed by atoms with Crippen LogP contribution in [0.2, 0.25) is 0 Å². The Bertz CT molecular complexity index is 1400. The Kier molecular flexibility index (Phi) is 5.98. The monoisotopic (exact) mass is 428 g/mol. The zero-order valence-corrected chi connectivity index (χ0v) is 18.0. The predicted molar refractivity (Wildman–Crippen MR) is 125 cm³/mol. The Morgan fingerprint density at radius 1 is 0.938 bits per heavy atom. The van der Waals surface area contributed by atoms with Crippen molar-refractivity contribution in [1.82, 2.24) is 14.1 Å². The number of benzene rings is 2. The molecule has 0 aliphatic carbocycles. The van der Waals surface area contributed by atoms with Crippen LogP contribution in [0.4, 0.5) is 5.69 Å². The Morgan fingerprint density at radius 2 is 1.72 bits per heavy atom. The number of hydrogen-bond acceptors (Lipinski definition) is 4. The first-order chi connectivity index (χ1) is 15.5. The van der Waals surface area contributed by atoms with Gasteiger partial charge in [-0.05, 0) is 55.2 Å². The van der Waals surface area contributed by atoms with Gasteiger partial charge in [0.25, 0.3) is 5.56 Å². The lowest BCUT2D eigenvalue weighted by Crippen LogP contribution is -2.42. The second kappa shape index (κ2) is 9.01. The Labute approximate surface area is 185 Å². The number of aromatic nitrogens is 3. The molecule has 32 heavy (non-hydrogen) atoms. The summed E-state index contributed by atoms with van der Waals surface area (Å²) >= 11 is 0. The topological polar surface area (TPSA) is 86.0 Å². The van der Waals surface area contributed by atoms with Crippen LogP contribution in [0.3, 0.4) is 0 Å². The molecule has 2 aromatic heterocycles. The summed E-state index contributed by atoms with van der Waals surface area (Å²) in [5.41, 5.74) is 3.27. The average molecular weight is 428 g/mol. The first-order valence-electron chi connectivity index (χ1n) is 10.4. The second-order valence-corrected chi connectivity index (χ2v) is 7.73. The Hall–Kier alpha value is -4.00. The average Bonchev–Trinajstić information content (AvgIpc) is 2.80. The number of carbonyl (C=O) groups excluding carboxylic acids is 1. The van der Waals surface area contributed by atoms with Crippen LogP contribution in [0.25, 0.3) is 11.0 Å². The standard InChI is InChI=1S/C25H24N4O3/c1-17-8-6-11-20(18(17)2)27-22(30)16-29-21-12-7-14-26-23(21)24(31)28(25(29)32)15-13-19-9-4-3-5-10-19/h3-12,14H,13,15-16H2,1-2H3,(H,27,30). The van der Waals surface area contributed by atoms with Gasteiger partial charge in [-0.25, -0.2) is 9.78 Å². The van der Waals surface area contributed by atoms with E-state index in [1.165, 1.54) is 10.8 Å². The molecule has 0 spiro atoms. The molecular weight excluding hydrogens is 404 g/mol. The van der Waals surface area contributed by atoms with Gasteiger partial charge in [0.05, 0.1) is 5.52 Å². The van der Waals surface area contributed by atoms with Crippen LogP contribution in [0.15, 0.2) is 76.4 Å². The number of pyridine rings is 1. The summed E-state index contributed by atoms with van der Waals surface area (Å²) in [6, 6.07) is 18.6. The lowest BCUT2D eigenvalue weighted by Gasteiger charge is -2.15. The van der Waals surface area contributed by atoms with Gasteiger partial charge in [0, 0.05) is 18.4 Å². The third-order valence-corrected chi connectivity index (χ3v) is 5.63. The molecule has 0 saturated carbocycles. The summed E-state index contributed by atoms with van der Waals surface area (Å²) in [7, 11) is 0. The summed E-state index contributed by atoms with van der Waals surface area (Å²) in [4.78, 5) is 43.2. The normalized spacial score (nSPS) is 10.9. The van der Waals surface area contributed by atoms with Gasteiger partial charge < -0.3 is 5.32 Å². The van der Waals surface area contributed by atoms with Crippen molar-refractivity contribution >= 4 is 22.6 Å². The van der Waals surface area contributed by atoms with Gasteiger partial charge in [-0.3, -0.25) is 18.7 Å². The van der Waals surface area contributed by atoms with Gasteiger partial charge in [0.15, 0.2) is 5.52 Å². The van der Waals surface area contributed by atoms with E-state index in [1.54, 1.807) is 12.1 Å². The summed E-state index contributed by atoms with van der Waals surface area (Å²) in [5, 5.41) is 2.88. The number of anilines is 1. The largest absolute Gasteiger partial charge is 0.332 e.